The molecule has 0 fully saturated rings. The van der Waals surface area contributed by atoms with Crippen LogP contribution >= 0.6 is 0 Å². The third-order valence-electron chi connectivity index (χ3n) is 2.62. The first kappa shape index (κ1) is 16.9. The third kappa shape index (κ3) is 5.40. The predicted molar refractivity (Wildman–Crippen MR) is 78.0 cm³/mol. The number of amides is 2. The van der Waals surface area contributed by atoms with Gasteiger partial charge in [0.15, 0.2) is 0 Å². The topological polar surface area (TPSA) is 125 Å². The molecule has 0 aliphatic rings. The smallest absolute Gasteiger partial charge is 0.337 e. The van der Waals surface area contributed by atoms with E-state index in [0.717, 1.165) is 5.56 Å². The molecule has 0 saturated heterocycles. The molecule has 116 valence electrons. The number of rotatable bonds is 6. The maximum absolute atomic E-state index is 11.6. The molecule has 0 heterocycles. The monoisotopic (exact) mass is 315 g/mol. The van der Waals surface area contributed by atoms with E-state index >= 15 is 0 Å². The number of aryl methyl sites for hydroxylation is 1. The van der Waals surface area contributed by atoms with Crippen LogP contribution in [-0.2, 0) is 10.0 Å². The summed E-state index contributed by atoms with van der Waals surface area (Å²) >= 11 is 0. The van der Waals surface area contributed by atoms with Crippen LogP contribution in [0.1, 0.15) is 15.9 Å². The highest BCUT2D eigenvalue weighted by Crippen LogP contribution is 2.17. The molecule has 0 spiro atoms. The molecule has 0 atom stereocenters. The molecule has 0 saturated carbocycles. The average Bonchev–Trinajstić information content (AvgIpc) is 2.40. The summed E-state index contributed by atoms with van der Waals surface area (Å²) in [6.45, 7) is 1.64. The van der Waals surface area contributed by atoms with Gasteiger partial charge in [0.1, 0.15) is 0 Å². The van der Waals surface area contributed by atoms with E-state index in [9.17, 15) is 18.0 Å². The number of aromatic carboxylic acids is 1. The van der Waals surface area contributed by atoms with Crippen molar-refractivity contribution in [3.05, 3.63) is 29.3 Å². The summed E-state index contributed by atoms with van der Waals surface area (Å²) < 4.78 is 24.4. The quantitative estimate of drug-likeness (QED) is 0.603. The molecule has 0 unspecified atom stereocenters. The van der Waals surface area contributed by atoms with Crippen LogP contribution in [0.5, 0.6) is 0 Å². The number of carboxylic acid groups (broad SMARTS) is 1. The molecule has 0 bridgehead atoms. The van der Waals surface area contributed by atoms with Crippen LogP contribution in [-0.4, -0.2) is 44.9 Å². The second-order valence-corrected chi connectivity index (χ2v) is 6.30. The number of carbonyl (C=O) groups is 2. The Labute approximate surface area is 122 Å². The van der Waals surface area contributed by atoms with Crippen molar-refractivity contribution in [3.63, 3.8) is 0 Å². The molecule has 1 aromatic rings. The van der Waals surface area contributed by atoms with Gasteiger partial charge < -0.3 is 15.7 Å². The molecule has 4 N–H and O–H groups in total. The van der Waals surface area contributed by atoms with Gasteiger partial charge in [0.05, 0.1) is 17.0 Å². The molecule has 1 aromatic carbocycles. The van der Waals surface area contributed by atoms with Crippen molar-refractivity contribution >= 4 is 27.7 Å². The molecule has 9 heteroatoms. The molecular weight excluding hydrogens is 298 g/mol. The summed E-state index contributed by atoms with van der Waals surface area (Å²) in [6, 6.07) is 3.90. The number of carbonyl (C=O) groups excluding carboxylic acids is 1. The van der Waals surface area contributed by atoms with Crippen molar-refractivity contribution in [2.75, 3.05) is 24.7 Å². The predicted octanol–water partition coefficient (Wildman–Crippen LogP) is 0.364. The van der Waals surface area contributed by atoms with Crippen LogP contribution in [0.3, 0.4) is 0 Å². The van der Waals surface area contributed by atoms with Crippen molar-refractivity contribution in [1.82, 2.24) is 10.0 Å². The molecule has 21 heavy (non-hydrogen) atoms. The van der Waals surface area contributed by atoms with Gasteiger partial charge in [-0.25, -0.2) is 22.7 Å². The molecule has 1 rings (SSSR count). The van der Waals surface area contributed by atoms with Crippen LogP contribution in [0.25, 0.3) is 0 Å². The Morgan fingerprint density at radius 1 is 1.29 bits per heavy atom. The van der Waals surface area contributed by atoms with Gasteiger partial charge in [-0.05, 0) is 26.1 Å². The Hall–Kier alpha value is -2.13. The van der Waals surface area contributed by atoms with Gasteiger partial charge in [-0.1, -0.05) is 11.6 Å². The highest BCUT2D eigenvalue weighted by Gasteiger charge is 2.13. The van der Waals surface area contributed by atoms with Gasteiger partial charge in [0, 0.05) is 6.54 Å². The first-order chi connectivity index (χ1) is 9.75. The van der Waals surface area contributed by atoms with Gasteiger partial charge in [0.2, 0.25) is 10.0 Å². The summed E-state index contributed by atoms with van der Waals surface area (Å²) in [6.07, 6.45) is 0. The Bertz CT molecular complexity index is 642. The van der Waals surface area contributed by atoms with Crippen molar-refractivity contribution in [3.8, 4) is 0 Å². The first-order valence-electron chi connectivity index (χ1n) is 6.05. The first-order valence-corrected chi connectivity index (χ1v) is 7.70. The van der Waals surface area contributed by atoms with Gasteiger partial charge in [-0.3, -0.25) is 0 Å². The lowest BCUT2D eigenvalue weighted by molar-refractivity contribution is 0.0698. The average molecular weight is 315 g/mol. The molecule has 8 nitrogen and oxygen atoms in total. The number of benzene rings is 1. The number of anilines is 1. The van der Waals surface area contributed by atoms with E-state index in [4.69, 9.17) is 5.11 Å². The van der Waals surface area contributed by atoms with Gasteiger partial charge in [-0.15, -0.1) is 0 Å². The lowest BCUT2D eigenvalue weighted by Crippen LogP contribution is -2.35. The molecule has 2 amide bonds. The number of nitrogens with one attached hydrogen (secondary N) is 3. The van der Waals surface area contributed by atoms with Gasteiger partial charge in [0.25, 0.3) is 0 Å². The van der Waals surface area contributed by atoms with Crippen molar-refractivity contribution in [1.29, 1.82) is 0 Å². The Morgan fingerprint density at radius 2 is 1.95 bits per heavy atom. The van der Waals surface area contributed by atoms with Crippen molar-refractivity contribution < 1.29 is 23.1 Å². The van der Waals surface area contributed by atoms with E-state index in [1.54, 1.807) is 13.0 Å². The van der Waals surface area contributed by atoms with Crippen molar-refractivity contribution in [2.45, 2.75) is 6.92 Å². The van der Waals surface area contributed by atoms with E-state index in [1.807, 2.05) is 0 Å². The fraction of sp³-hybridized carbons (Fsp3) is 0.333. The minimum absolute atomic E-state index is 0.0343. The fourth-order valence-electron chi connectivity index (χ4n) is 1.51. The number of urea groups is 1. The van der Waals surface area contributed by atoms with Crippen LogP contribution in [0.4, 0.5) is 10.5 Å². The lowest BCUT2D eigenvalue weighted by Gasteiger charge is -2.10. The van der Waals surface area contributed by atoms with E-state index in [-0.39, 0.29) is 23.5 Å². The minimum atomic E-state index is -3.40. The van der Waals surface area contributed by atoms with Gasteiger partial charge >= 0.3 is 12.0 Å². The zero-order chi connectivity index (χ0) is 16.0. The van der Waals surface area contributed by atoms with E-state index in [1.165, 1.54) is 19.2 Å². The summed E-state index contributed by atoms with van der Waals surface area (Å²) in [7, 11) is -2.12. The second kappa shape index (κ2) is 7.04. The molecular formula is C12H17N3O5S. The third-order valence-corrected chi connectivity index (χ3v) is 3.98. The second-order valence-electron chi connectivity index (χ2n) is 4.26. The SMILES string of the molecule is CNS(=O)(=O)CCNC(=O)Nc1ccc(C)cc1C(=O)O. The molecule has 0 aliphatic heterocycles. The van der Waals surface area contributed by atoms with E-state index in [2.05, 4.69) is 15.4 Å². The van der Waals surface area contributed by atoms with E-state index in [0.29, 0.717) is 0 Å². The highest BCUT2D eigenvalue weighted by molar-refractivity contribution is 7.89. The number of hydrogen-bond donors (Lipinski definition) is 4. The number of sulfonamides is 1. The van der Waals surface area contributed by atoms with Gasteiger partial charge in [-0.2, -0.15) is 0 Å². The largest absolute Gasteiger partial charge is 0.478 e. The Kier molecular flexibility index (Phi) is 5.68. The summed E-state index contributed by atoms with van der Waals surface area (Å²) in [5.74, 6) is -1.43. The van der Waals surface area contributed by atoms with E-state index < -0.39 is 22.0 Å². The normalized spacial score (nSPS) is 11.0. The standard InChI is InChI=1S/C12H17N3O5S/c1-8-3-4-10(9(7-8)11(16)17)15-12(18)14-5-6-21(19,20)13-2/h3-4,7,13H,5-6H2,1-2H3,(H,16,17)(H2,14,15,18). The lowest BCUT2D eigenvalue weighted by atomic mass is 10.1. The Balaban J connectivity index is 2.66. The molecule has 0 aromatic heterocycles. The zero-order valence-corrected chi connectivity index (χ0v) is 12.5. The van der Waals surface area contributed by atoms with Crippen molar-refractivity contribution in [2.24, 2.45) is 0 Å². The summed E-state index contributed by atoms with van der Waals surface area (Å²) in [5.41, 5.74) is 0.855. The zero-order valence-electron chi connectivity index (χ0n) is 11.6. The molecule has 0 radical (unpaired) electrons. The number of carboxylic acids is 1. The van der Waals surface area contributed by atoms with Crippen LogP contribution in [0.2, 0.25) is 0 Å². The fourth-order valence-corrected chi connectivity index (χ4v) is 2.09. The van der Waals surface area contributed by atoms with Crippen LogP contribution in [0, 0.1) is 6.92 Å². The van der Waals surface area contributed by atoms with Crippen LogP contribution in [0.15, 0.2) is 18.2 Å². The highest BCUT2D eigenvalue weighted by atomic mass is 32.2. The molecule has 0 aliphatic carbocycles. The van der Waals surface area contributed by atoms with Crippen LogP contribution < -0.4 is 15.4 Å². The summed E-state index contributed by atoms with van der Waals surface area (Å²) in [4.78, 5) is 22.7. The maximum atomic E-state index is 11.6. The minimum Gasteiger partial charge on any atom is -0.478 e. The summed E-state index contributed by atoms with van der Waals surface area (Å²) in [5, 5.41) is 13.8. The maximum Gasteiger partial charge on any atom is 0.337 e. The number of hydrogen-bond acceptors (Lipinski definition) is 4. The Morgan fingerprint density at radius 3 is 2.52 bits per heavy atom.